The van der Waals surface area contributed by atoms with Gasteiger partial charge in [0.25, 0.3) is 5.91 Å². The van der Waals surface area contributed by atoms with E-state index >= 15 is 0 Å². The first-order valence-electron chi connectivity index (χ1n) is 13.8. The van der Waals surface area contributed by atoms with Crippen molar-refractivity contribution >= 4 is 28.8 Å². The second-order valence-electron chi connectivity index (χ2n) is 10.6. The summed E-state index contributed by atoms with van der Waals surface area (Å²) in [4.78, 5) is 29.0. The Morgan fingerprint density at radius 1 is 0.923 bits per heavy atom. The molecular weight excluding hydrogens is 488 g/mol. The van der Waals surface area contributed by atoms with Crippen molar-refractivity contribution in [1.29, 1.82) is 5.41 Å². The molecule has 1 amide bonds. The van der Waals surface area contributed by atoms with Crippen LogP contribution in [0.5, 0.6) is 0 Å². The molecule has 1 aromatic carbocycles. The molecule has 3 aromatic rings. The number of carbonyl (C=O) groups is 1. The van der Waals surface area contributed by atoms with Crippen LogP contribution in [0, 0.1) is 5.41 Å². The molecule has 0 unspecified atom stereocenters. The molecule has 39 heavy (non-hydrogen) atoms. The molecule has 0 bridgehead atoms. The number of amides is 1. The number of likely N-dealkylation sites (N-methyl/N-ethyl adjacent to an activating group) is 1. The van der Waals surface area contributed by atoms with Gasteiger partial charge in [-0.15, -0.1) is 0 Å². The van der Waals surface area contributed by atoms with Crippen molar-refractivity contribution in [2.75, 3.05) is 62.3 Å². The molecule has 4 heterocycles. The maximum absolute atomic E-state index is 13.0. The summed E-state index contributed by atoms with van der Waals surface area (Å²) < 4.78 is 0. The zero-order valence-corrected chi connectivity index (χ0v) is 22.7. The van der Waals surface area contributed by atoms with Crippen LogP contribution in [0.2, 0.25) is 0 Å². The number of likely N-dealkylation sites (tertiary alicyclic amines) is 1. The van der Waals surface area contributed by atoms with Gasteiger partial charge in [0.15, 0.2) is 0 Å². The summed E-state index contributed by atoms with van der Waals surface area (Å²) in [7, 11) is 2.12. The van der Waals surface area contributed by atoms with Crippen LogP contribution < -0.4 is 16.0 Å². The highest BCUT2D eigenvalue weighted by molar-refractivity contribution is 6.48. The number of nitrogen functional groups attached to an aromatic ring is 1. The van der Waals surface area contributed by atoms with Crippen LogP contribution >= 0.6 is 0 Å². The van der Waals surface area contributed by atoms with Gasteiger partial charge in [0.05, 0.1) is 11.9 Å². The molecule has 0 spiro atoms. The minimum atomic E-state index is -0.527. The predicted octanol–water partition coefficient (Wildman–Crippen LogP) is 3.86. The van der Waals surface area contributed by atoms with Crippen LogP contribution in [0.25, 0.3) is 11.1 Å². The number of piperazine rings is 1. The van der Waals surface area contributed by atoms with Gasteiger partial charge in [0.2, 0.25) is 0 Å². The molecule has 2 fully saturated rings. The summed E-state index contributed by atoms with van der Waals surface area (Å²) in [5, 5.41) is 11.4. The Balaban J connectivity index is 1.26. The molecule has 0 aliphatic carbocycles. The molecule has 2 aliphatic rings. The first-order valence-corrected chi connectivity index (χ1v) is 13.8. The van der Waals surface area contributed by atoms with Crippen molar-refractivity contribution in [3.8, 4) is 11.1 Å². The minimum absolute atomic E-state index is 0.189. The first-order chi connectivity index (χ1) is 19.0. The van der Waals surface area contributed by atoms with Crippen LogP contribution in [-0.2, 0) is 11.3 Å². The van der Waals surface area contributed by atoms with E-state index in [1.54, 1.807) is 18.3 Å². The molecule has 2 aromatic heterocycles. The number of hydrogen-bond donors (Lipinski definition) is 3. The first kappa shape index (κ1) is 26.8. The highest BCUT2D eigenvalue weighted by Crippen LogP contribution is 2.26. The number of benzene rings is 1. The fourth-order valence-electron chi connectivity index (χ4n) is 5.24. The molecule has 4 N–H and O–H groups in total. The van der Waals surface area contributed by atoms with Gasteiger partial charge in [-0.05, 0) is 74.4 Å². The number of carbonyl (C=O) groups excluding carboxylic acids is 1. The van der Waals surface area contributed by atoms with E-state index in [2.05, 4.69) is 43.1 Å². The Bertz CT molecular complexity index is 1290. The molecule has 204 valence electrons. The van der Waals surface area contributed by atoms with Gasteiger partial charge in [-0.2, -0.15) is 0 Å². The van der Waals surface area contributed by atoms with Crippen molar-refractivity contribution in [2.24, 2.45) is 0 Å². The average Bonchev–Trinajstić information content (AvgIpc) is 3.22. The van der Waals surface area contributed by atoms with E-state index in [9.17, 15) is 4.79 Å². The van der Waals surface area contributed by atoms with Crippen molar-refractivity contribution in [3.63, 3.8) is 0 Å². The number of hydrogen-bond acceptors (Lipinski definition) is 8. The third-order valence-electron chi connectivity index (χ3n) is 7.62. The van der Waals surface area contributed by atoms with Crippen LogP contribution in [0.15, 0.2) is 55.0 Å². The Morgan fingerprint density at radius 2 is 1.69 bits per heavy atom. The average molecular weight is 527 g/mol. The second-order valence-corrected chi connectivity index (χ2v) is 10.6. The van der Waals surface area contributed by atoms with E-state index in [-0.39, 0.29) is 5.71 Å². The quantitative estimate of drug-likeness (QED) is 0.316. The van der Waals surface area contributed by atoms with Gasteiger partial charge in [0.1, 0.15) is 11.5 Å². The zero-order valence-electron chi connectivity index (χ0n) is 22.7. The summed E-state index contributed by atoms with van der Waals surface area (Å²) in [6, 6.07) is 11.3. The van der Waals surface area contributed by atoms with Gasteiger partial charge in [-0.25, -0.2) is 4.98 Å². The molecule has 2 aliphatic heterocycles. The van der Waals surface area contributed by atoms with E-state index in [1.807, 2.05) is 30.6 Å². The highest BCUT2D eigenvalue weighted by Gasteiger charge is 2.18. The monoisotopic (exact) mass is 526 g/mol. The molecule has 0 radical (unpaired) electrons. The van der Waals surface area contributed by atoms with Crippen molar-refractivity contribution in [1.82, 2.24) is 19.8 Å². The Hall–Kier alpha value is -3.82. The maximum atomic E-state index is 13.0. The van der Waals surface area contributed by atoms with E-state index in [0.29, 0.717) is 16.9 Å². The van der Waals surface area contributed by atoms with Crippen LogP contribution in [0.1, 0.15) is 36.8 Å². The standard InChI is InChI=1S/C30H38N8O/c1-36-12-14-38(15-13-36)28-9-7-25(20-34-28)35-30(39)29(32)26-17-23(6-8-27(26)31)24-16-22(18-33-19-24)21-37-10-4-2-3-5-11-37/h6-9,16-20,32H,2-5,10-15,21,31H2,1H3,(H,35,39). The normalized spacial score (nSPS) is 17.0. The minimum Gasteiger partial charge on any atom is -0.398 e. The van der Waals surface area contributed by atoms with Crippen LogP contribution in [0.3, 0.4) is 0 Å². The smallest absolute Gasteiger partial charge is 0.274 e. The number of pyridine rings is 2. The van der Waals surface area contributed by atoms with Crippen molar-refractivity contribution in [2.45, 2.75) is 32.2 Å². The van der Waals surface area contributed by atoms with E-state index < -0.39 is 5.91 Å². The molecule has 9 nitrogen and oxygen atoms in total. The summed E-state index contributed by atoms with van der Waals surface area (Å²) >= 11 is 0. The Labute approximate surface area is 230 Å². The topological polar surface area (TPSA) is 114 Å². The van der Waals surface area contributed by atoms with Crippen LogP contribution in [0.4, 0.5) is 17.2 Å². The summed E-state index contributed by atoms with van der Waals surface area (Å²) in [6.45, 7) is 6.96. The van der Waals surface area contributed by atoms with E-state index in [0.717, 1.165) is 68.3 Å². The number of nitrogens with zero attached hydrogens (tertiary/aromatic N) is 5. The van der Waals surface area contributed by atoms with Gasteiger partial charge in [0, 0.05) is 61.9 Å². The number of aromatic nitrogens is 2. The van der Waals surface area contributed by atoms with Crippen molar-refractivity contribution < 1.29 is 4.79 Å². The summed E-state index contributed by atoms with van der Waals surface area (Å²) in [5.74, 6) is 0.362. The maximum Gasteiger partial charge on any atom is 0.274 e. The van der Waals surface area contributed by atoms with Crippen molar-refractivity contribution in [3.05, 3.63) is 66.1 Å². The van der Waals surface area contributed by atoms with E-state index in [4.69, 9.17) is 11.1 Å². The molecule has 0 atom stereocenters. The molecule has 9 heteroatoms. The Kier molecular flexibility index (Phi) is 8.48. The zero-order chi connectivity index (χ0) is 27.2. The van der Waals surface area contributed by atoms with Crippen LogP contribution in [-0.4, -0.2) is 77.7 Å². The molecule has 0 saturated carbocycles. The fourth-order valence-corrected chi connectivity index (χ4v) is 5.24. The van der Waals surface area contributed by atoms with Gasteiger partial charge in [-0.1, -0.05) is 18.9 Å². The van der Waals surface area contributed by atoms with E-state index in [1.165, 1.54) is 25.7 Å². The third-order valence-corrected chi connectivity index (χ3v) is 7.62. The lowest BCUT2D eigenvalue weighted by Gasteiger charge is -2.33. The largest absolute Gasteiger partial charge is 0.398 e. The number of anilines is 3. The number of nitrogens with two attached hydrogens (primary N) is 1. The lowest BCUT2D eigenvalue weighted by Crippen LogP contribution is -2.44. The second kappa shape index (κ2) is 12.4. The molecule has 2 saturated heterocycles. The van der Waals surface area contributed by atoms with Gasteiger partial charge >= 0.3 is 0 Å². The Morgan fingerprint density at radius 3 is 2.41 bits per heavy atom. The lowest BCUT2D eigenvalue weighted by atomic mass is 9.99. The van der Waals surface area contributed by atoms with Gasteiger partial charge < -0.3 is 20.9 Å². The summed E-state index contributed by atoms with van der Waals surface area (Å²) in [6.07, 6.45) is 10.5. The fraction of sp³-hybridized carbons (Fsp3) is 0.400. The molecular formula is C30H38N8O. The highest BCUT2D eigenvalue weighted by atomic mass is 16.1. The van der Waals surface area contributed by atoms with Gasteiger partial charge in [-0.3, -0.25) is 20.1 Å². The number of rotatable bonds is 7. The SMILES string of the molecule is CN1CCN(c2ccc(NC(=O)C(=N)c3cc(-c4cncc(CN5CCCCCC5)c4)ccc3N)cn2)CC1. The summed E-state index contributed by atoms with van der Waals surface area (Å²) in [5.41, 5.74) is 10.3. The predicted molar refractivity (Wildman–Crippen MR) is 157 cm³/mol. The third kappa shape index (κ3) is 6.79. The molecule has 5 rings (SSSR count). The lowest BCUT2D eigenvalue weighted by molar-refractivity contribution is -0.110. The number of nitrogens with one attached hydrogen (secondary N) is 2.